The summed E-state index contributed by atoms with van der Waals surface area (Å²) in [6.45, 7) is 2.17. The molecule has 0 aliphatic heterocycles. The fraction of sp³-hybridized carbons (Fsp3) is 0.214. The molecular weight excluding hydrogens is 216 g/mol. The minimum atomic E-state index is -0.300. The van der Waals surface area contributed by atoms with E-state index in [2.05, 4.69) is 0 Å². The van der Waals surface area contributed by atoms with Crippen molar-refractivity contribution in [2.75, 3.05) is 13.7 Å². The molecule has 3 nitrogen and oxygen atoms in total. The first kappa shape index (κ1) is 11.5. The molecule has 2 rings (SSSR count). The van der Waals surface area contributed by atoms with Gasteiger partial charge < -0.3 is 9.47 Å². The van der Waals surface area contributed by atoms with Crippen LogP contribution in [0, 0.1) is 0 Å². The Hall–Kier alpha value is -2.03. The van der Waals surface area contributed by atoms with E-state index >= 15 is 0 Å². The summed E-state index contributed by atoms with van der Waals surface area (Å²) in [6, 6.07) is 11.2. The Morgan fingerprint density at radius 3 is 2.53 bits per heavy atom. The Balaban J connectivity index is 2.62. The van der Waals surface area contributed by atoms with E-state index in [9.17, 15) is 4.79 Å². The largest absolute Gasteiger partial charge is 0.496 e. The fourth-order valence-electron chi connectivity index (χ4n) is 1.85. The molecule has 0 aliphatic carbocycles. The van der Waals surface area contributed by atoms with Crippen LogP contribution in [0.2, 0.25) is 0 Å². The van der Waals surface area contributed by atoms with Crippen LogP contribution in [-0.2, 0) is 4.74 Å². The van der Waals surface area contributed by atoms with Gasteiger partial charge in [-0.05, 0) is 24.4 Å². The van der Waals surface area contributed by atoms with Crippen molar-refractivity contribution in [1.29, 1.82) is 0 Å². The summed E-state index contributed by atoms with van der Waals surface area (Å²) in [4.78, 5) is 11.8. The van der Waals surface area contributed by atoms with E-state index in [0.29, 0.717) is 12.2 Å². The number of esters is 1. The Morgan fingerprint density at radius 1 is 1.12 bits per heavy atom. The highest BCUT2D eigenvalue weighted by Gasteiger charge is 2.12. The van der Waals surface area contributed by atoms with Crippen LogP contribution in [0.5, 0.6) is 5.75 Å². The van der Waals surface area contributed by atoms with E-state index in [1.54, 1.807) is 20.1 Å². The Labute approximate surface area is 100.0 Å². The molecule has 0 amide bonds. The van der Waals surface area contributed by atoms with Gasteiger partial charge in [-0.15, -0.1) is 0 Å². The maximum absolute atomic E-state index is 11.8. The summed E-state index contributed by atoms with van der Waals surface area (Å²) in [6.07, 6.45) is 0. The number of fused-ring (bicyclic) bond motifs is 1. The second-order valence-electron chi connectivity index (χ2n) is 3.58. The van der Waals surface area contributed by atoms with Crippen LogP contribution in [0.3, 0.4) is 0 Å². The zero-order valence-corrected chi connectivity index (χ0v) is 9.90. The lowest BCUT2D eigenvalue weighted by Gasteiger charge is -2.08. The molecule has 0 spiro atoms. The Bertz CT molecular complexity index is 546. The zero-order valence-electron chi connectivity index (χ0n) is 9.90. The lowest BCUT2D eigenvalue weighted by atomic mass is 10.0. The number of hydrogen-bond donors (Lipinski definition) is 0. The average Bonchev–Trinajstić information content (AvgIpc) is 2.37. The molecule has 0 N–H and O–H groups in total. The number of carbonyl (C=O) groups is 1. The molecule has 17 heavy (non-hydrogen) atoms. The second-order valence-corrected chi connectivity index (χ2v) is 3.58. The van der Waals surface area contributed by atoms with E-state index in [-0.39, 0.29) is 5.97 Å². The van der Waals surface area contributed by atoms with Gasteiger partial charge in [0.05, 0.1) is 19.3 Å². The normalized spacial score (nSPS) is 10.2. The molecule has 0 fully saturated rings. The molecule has 0 aliphatic rings. The van der Waals surface area contributed by atoms with Crippen molar-refractivity contribution in [2.24, 2.45) is 0 Å². The monoisotopic (exact) mass is 230 g/mol. The van der Waals surface area contributed by atoms with Crippen molar-refractivity contribution in [2.45, 2.75) is 6.92 Å². The average molecular weight is 230 g/mol. The molecule has 0 aromatic heterocycles. The number of hydrogen-bond acceptors (Lipinski definition) is 3. The highest BCUT2D eigenvalue weighted by molar-refractivity contribution is 6.06. The predicted octanol–water partition coefficient (Wildman–Crippen LogP) is 3.03. The van der Waals surface area contributed by atoms with Crippen molar-refractivity contribution >= 4 is 16.7 Å². The van der Waals surface area contributed by atoms with Crippen molar-refractivity contribution in [3.63, 3.8) is 0 Å². The number of ether oxygens (including phenoxy) is 2. The molecule has 0 saturated heterocycles. The maximum atomic E-state index is 11.8. The van der Waals surface area contributed by atoms with E-state index in [4.69, 9.17) is 9.47 Å². The molecular formula is C14H14O3. The van der Waals surface area contributed by atoms with Gasteiger partial charge in [-0.1, -0.05) is 24.3 Å². The SMILES string of the molecule is CCOC(=O)c1cccc2c(OC)cccc12. The van der Waals surface area contributed by atoms with Gasteiger partial charge in [-0.25, -0.2) is 4.79 Å². The summed E-state index contributed by atoms with van der Waals surface area (Å²) in [5.74, 6) is 0.458. The van der Waals surface area contributed by atoms with Crippen LogP contribution in [0.25, 0.3) is 10.8 Å². The Kier molecular flexibility index (Phi) is 3.28. The molecule has 2 aromatic carbocycles. The lowest BCUT2D eigenvalue weighted by Crippen LogP contribution is -2.05. The quantitative estimate of drug-likeness (QED) is 0.760. The zero-order chi connectivity index (χ0) is 12.3. The smallest absolute Gasteiger partial charge is 0.338 e. The number of methoxy groups -OCH3 is 1. The molecule has 0 saturated carbocycles. The summed E-state index contributed by atoms with van der Waals surface area (Å²) in [5.41, 5.74) is 0.572. The third-order valence-corrected chi connectivity index (χ3v) is 2.60. The first-order valence-corrected chi connectivity index (χ1v) is 5.50. The summed E-state index contributed by atoms with van der Waals surface area (Å²) >= 11 is 0. The summed E-state index contributed by atoms with van der Waals surface area (Å²) in [7, 11) is 1.62. The molecule has 0 heterocycles. The van der Waals surface area contributed by atoms with E-state index in [0.717, 1.165) is 16.5 Å². The van der Waals surface area contributed by atoms with Gasteiger partial charge in [0.1, 0.15) is 5.75 Å². The molecule has 0 unspecified atom stereocenters. The second kappa shape index (κ2) is 4.87. The van der Waals surface area contributed by atoms with Crippen LogP contribution in [-0.4, -0.2) is 19.7 Å². The maximum Gasteiger partial charge on any atom is 0.338 e. The topological polar surface area (TPSA) is 35.5 Å². The highest BCUT2D eigenvalue weighted by atomic mass is 16.5. The van der Waals surface area contributed by atoms with Crippen molar-refractivity contribution in [1.82, 2.24) is 0 Å². The minimum Gasteiger partial charge on any atom is -0.496 e. The van der Waals surface area contributed by atoms with Gasteiger partial charge in [0.15, 0.2) is 0 Å². The summed E-state index contributed by atoms with van der Waals surface area (Å²) < 4.78 is 10.3. The molecule has 0 bridgehead atoms. The van der Waals surface area contributed by atoms with Gasteiger partial charge in [0, 0.05) is 5.39 Å². The van der Waals surface area contributed by atoms with Crippen molar-refractivity contribution in [3.05, 3.63) is 42.0 Å². The first-order chi connectivity index (χ1) is 8.27. The molecule has 2 aromatic rings. The van der Waals surface area contributed by atoms with Crippen molar-refractivity contribution in [3.8, 4) is 5.75 Å². The van der Waals surface area contributed by atoms with E-state index < -0.39 is 0 Å². The van der Waals surface area contributed by atoms with Crippen LogP contribution in [0.4, 0.5) is 0 Å². The molecule has 88 valence electrons. The van der Waals surface area contributed by atoms with Crippen LogP contribution in [0.1, 0.15) is 17.3 Å². The van der Waals surface area contributed by atoms with Crippen LogP contribution < -0.4 is 4.74 Å². The van der Waals surface area contributed by atoms with Gasteiger partial charge in [-0.2, -0.15) is 0 Å². The first-order valence-electron chi connectivity index (χ1n) is 5.50. The van der Waals surface area contributed by atoms with E-state index in [1.807, 2.05) is 30.3 Å². The highest BCUT2D eigenvalue weighted by Crippen LogP contribution is 2.27. The number of carbonyl (C=O) groups excluding carboxylic acids is 1. The lowest BCUT2D eigenvalue weighted by molar-refractivity contribution is 0.0528. The number of rotatable bonds is 3. The predicted molar refractivity (Wildman–Crippen MR) is 66.5 cm³/mol. The van der Waals surface area contributed by atoms with Crippen LogP contribution >= 0.6 is 0 Å². The van der Waals surface area contributed by atoms with Gasteiger partial charge in [-0.3, -0.25) is 0 Å². The van der Waals surface area contributed by atoms with Gasteiger partial charge >= 0.3 is 5.97 Å². The Morgan fingerprint density at radius 2 is 1.82 bits per heavy atom. The van der Waals surface area contributed by atoms with Gasteiger partial charge in [0.2, 0.25) is 0 Å². The van der Waals surface area contributed by atoms with Crippen LogP contribution in [0.15, 0.2) is 36.4 Å². The third-order valence-electron chi connectivity index (χ3n) is 2.60. The fourth-order valence-corrected chi connectivity index (χ4v) is 1.85. The van der Waals surface area contributed by atoms with Gasteiger partial charge in [0.25, 0.3) is 0 Å². The number of benzene rings is 2. The molecule has 0 atom stereocenters. The van der Waals surface area contributed by atoms with Crippen molar-refractivity contribution < 1.29 is 14.3 Å². The van der Waals surface area contributed by atoms with E-state index in [1.165, 1.54) is 0 Å². The molecule has 3 heteroatoms. The minimum absolute atomic E-state index is 0.300. The third kappa shape index (κ3) is 2.09. The summed E-state index contributed by atoms with van der Waals surface area (Å²) in [5, 5.41) is 1.77. The standard InChI is InChI=1S/C14H14O3/c1-3-17-14(15)12-8-4-7-11-10(12)6-5-9-13(11)16-2/h4-9H,3H2,1-2H3. The molecule has 0 radical (unpaired) electrons.